The van der Waals surface area contributed by atoms with E-state index in [4.69, 9.17) is 10.3 Å². The van der Waals surface area contributed by atoms with Crippen LogP contribution in [0.15, 0.2) is 16.5 Å². The van der Waals surface area contributed by atoms with Crippen molar-refractivity contribution in [3.63, 3.8) is 0 Å². The molecule has 1 heterocycles. The summed E-state index contributed by atoms with van der Waals surface area (Å²) in [5.74, 6) is 9.25. The fourth-order valence-corrected chi connectivity index (χ4v) is 2.82. The third kappa shape index (κ3) is 2.90. The van der Waals surface area contributed by atoms with Gasteiger partial charge in [-0.25, -0.2) is 5.43 Å². The van der Waals surface area contributed by atoms with Crippen molar-refractivity contribution in [1.82, 2.24) is 5.43 Å². The van der Waals surface area contributed by atoms with E-state index in [1.165, 1.54) is 25.7 Å². The number of furan rings is 1. The second-order valence-electron chi connectivity index (χ2n) is 5.32. The van der Waals surface area contributed by atoms with Crippen LogP contribution in [0, 0.1) is 11.8 Å². The van der Waals surface area contributed by atoms with Gasteiger partial charge in [-0.2, -0.15) is 0 Å². The molecule has 1 aliphatic rings. The lowest BCUT2D eigenvalue weighted by molar-refractivity contribution is 0.212. The summed E-state index contributed by atoms with van der Waals surface area (Å²) < 4.78 is 5.82. The van der Waals surface area contributed by atoms with E-state index in [2.05, 4.69) is 31.4 Å². The van der Waals surface area contributed by atoms with Gasteiger partial charge in [0.05, 0.1) is 6.04 Å². The highest BCUT2D eigenvalue weighted by Crippen LogP contribution is 2.36. The van der Waals surface area contributed by atoms with E-state index in [1.807, 2.05) is 0 Å². The molecule has 1 fully saturated rings. The highest BCUT2D eigenvalue weighted by molar-refractivity contribution is 5.11. The van der Waals surface area contributed by atoms with Gasteiger partial charge in [0, 0.05) is 6.42 Å². The molecule has 1 aromatic heterocycles. The molecule has 1 aromatic rings. The molecule has 0 amide bonds. The first kappa shape index (κ1) is 12.7. The Kier molecular flexibility index (Phi) is 4.24. The van der Waals surface area contributed by atoms with E-state index in [9.17, 15) is 0 Å². The van der Waals surface area contributed by atoms with Gasteiger partial charge in [-0.15, -0.1) is 0 Å². The Labute approximate surface area is 104 Å². The van der Waals surface area contributed by atoms with Crippen LogP contribution >= 0.6 is 0 Å². The Bertz CT molecular complexity index is 340. The lowest BCUT2D eigenvalue weighted by Crippen LogP contribution is -2.35. The van der Waals surface area contributed by atoms with Crippen LogP contribution in [0.25, 0.3) is 0 Å². The van der Waals surface area contributed by atoms with Gasteiger partial charge in [0.2, 0.25) is 0 Å². The van der Waals surface area contributed by atoms with Crippen molar-refractivity contribution >= 4 is 0 Å². The molecule has 17 heavy (non-hydrogen) atoms. The monoisotopic (exact) mass is 236 g/mol. The fourth-order valence-electron chi connectivity index (χ4n) is 2.82. The highest BCUT2D eigenvalue weighted by atomic mass is 16.3. The third-order valence-corrected chi connectivity index (χ3v) is 4.05. The second-order valence-corrected chi connectivity index (χ2v) is 5.32. The van der Waals surface area contributed by atoms with Crippen LogP contribution in [0.2, 0.25) is 0 Å². The molecule has 0 saturated heterocycles. The first-order chi connectivity index (χ1) is 8.24. The number of nitrogens with two attached hydrogens (primary N) is 1. The minimum Gasteiger partial charge on any atom is -0.464 e. The maximum absolute atomic E-state index is 5.82. The fraction of sp³-hybridized carbons (Fsp3) is 0.714. The molecule has 0 radical (unpaired) electrons. The highest BCUT2D eigenvalue weighted by Gasteiger charge is 2.28. The van der Waals surface area contributed by atoms with Crippen molar-refractivity contribution in [2.45, 2.75) is 52.0 Å². The van der Waals surface area contributed by atoms with E-state index in [0.717, 1.165) is 23.9 Å². The van der Waals surface area contributed by atoms with Crippen molar-refractivity contribution in [3.05, 3.63) is 23.7 Å². The number of hydrogen-bond donors (Lipinski definition) is 2. The minimum absolute atomic E-state index is 0.183. The van der Waals surface area contributed by atoms with Crippen LogP contribution in [0.1, 0.15) is 57.1 Å². The molecule has 1 atom stereocenters. The van der Waals surface area contributed by atoms with Crippen LogP contribution in [0.3, 0.4) is 0 Å². The second kappa shape index (κ2) is 5.69. The number of aryl methyl sites for hydroxylation is 1. The van der Waals surface area contributed by atoms with E-state index in [1.54, 1.807) is 0 Å². The summed E-state index contributed by atoms with van der Waals surface area (Å²) in [4.78, 5) is 0. The van der Waals surface area contributed by atoms with Crippen LogP contribution in [0.5, 0.6) is 0 Å². The Morgan fingerprint density at radius 3 is 2.59 bits per heavy atom. The first-order valence-corrected chi connectivity index (χ1v) is 6.79. The summed E-state index contributed by atoms with van der Waals surface area (Å²) in [6.45, 7) is 4.44. The molecule has 1 saturated carbocycles. The predicted octanol–water partition coefficient (Wildman–Crippen LogP) is 3.17. The third-order valence-electron chi connectivity index (χ3n) is 4.05. The van der Waals surface area contributed by atoms with E-state index in [-0.39, 0.29) is 6.04 Å². The Balaban J connectivity index is 2.05. The molecule has 0 aliphatic heterocycles. The molecular weight excluding hydrogens is 212 g/mol. The number of rotatable bonds is 4. The smallest absolute Gasteiger partial charge is 0.122 e. The molecule has 96 valence electrons. The minimum atomic E-state index is 0.183. The maximum atomic E-state index is 5.82. The molecule has 3 N–H and O–H groups in total. The molecule has 3 nitrogen and oxygen atoms in total. The van der Waals surface area contributed by atoms with Crippen molar-refractivity contribution in [3.8, 4) is 0 Å². The quantitative estimate of drug-likeness (QED) is 0.623. The topological polar surface area (TPSA) is 51.2 Å². The van der Waals surface area contributed by atoms with Gasteiger partial charge in [-0.05, 0) is 36.8 Å². The zero-order valence-electron chi connectivity index (χ0n) is 10.9. The van der Waals surface area contributed by atoms with Gasteiger partial charge >= 0.3 is 0 Å². The van der Waals surface area contributed by atoms with Crippen molar-refractivity contribution < 1.29 is 4.42 Å². The van der Waals surface area contributed by atoms with E-state index >= 15 is 0 Å². The molecular formula is C14H24N2O. The van der Waals surface area contributed by atoms with Crippen LogP contribution in [-0.4, -0.2) is 0 Å². The standard InChI is InChI=1S/C14H24N2O/c1-3-12-8-9-13(17-12)14(16-15)11-6-4-10(2)5-7-11/h8-11,14,16H,3-7,15H2,1-2H3. The van der Waals surface area contributed by atoms with Gasteiger partial charge in [0.1, 0.15) is 11.5 Å². The Hall–Kier alpha value is -0.800. The average Bonchev–Trinajstić information content (AvgIpc) is 2.81. The Morgan fingerprint density at radius 2 is 2.06 bits per heavy atom. The van der Waals surface area contributed by atoms with Crippen molar-refractivity contribution in [2.24, 2.45) is 17.7 Å². The average molecular weight is 236 g/mol. The summed E-state index contributed by atoms with van der Waals surface area (Å²) in [6, 6.07) is 4.31. The molecule has 0 aromatic carbocycles. The normalized spacial score (nSPS) is 27.0. The molecule has 1 aliphatic carbocycles. The van der Waals surface area contributed by atoms with E-state index < -0.39 is 0 Å². The zero-order valence-corrected chi connectivity index (χ0v) is 10.9. The van der Waals surface area contributed by atoms with Crippen molar-refractivity contribution in [2.75, 3.05) is 0 Å². The van der Waals surface area contributed by atoms with Gasteiger partial charge in [-0.1, -0.05) is 26.7 Å². The lowest BCUT2D eigenvalue weighted by atomic mass is 9.79. The molecule has 0 spiro atoms. The van der Waals surface area contributed by atoms with E-state index in [0.29, 0.717) is 5.92 Å². The SMILES string of the molecule is CCc1ccc(C(NN)C2CCC(C)CC2)o1. The van der Waals surface area contributed by atoms with Crippen LogP contribution in [0.4, 0.5) is 0 Å². The van der Waals surface area contributed by atoms with Gasteiger partial charge in [0.15, 0.2) is 0 Å². The number of hydrazine groups is 1. The summed E-state index contributed by atoms with van der Waals surface area (Å²) in [5, 5.41) is 0. The molecule has 2 rings (SSSR count). The predicted molar refractivity (Wildman–Crippen MR) is 69.3 cm³/mol. The summed E-state index contributed by atoms with van der Waals surface area (Å²) in [6.07, 6.45) is 6.06. The van der Waals surface area contributed by atoms with Crippen LogP contribution < -0.4 is 11.3 Å². The van der Waals surface area contributed by atoms with Gasteiger partial charge in [0.25, 0.3) is 0 Å². The maximum Gasteiger partial charge on any atom is 0.122 e. The molecule has 0 bridgehead atoms. The first-order valence-electron chi connectivity index (χ1n) is 6.79. The summed E-state index contributed by atoms with van der Waals surface area (Å²) >= 11 is 0. The Morgan fingerprint density at radius 1 is 1.35 bits per heavy atom. The lowest BCUT2D eigenvalue weighted by Gasteiger charge is -2.31. The summed E-state index contributed by atoms with van der Waals surface area (Å²) in [5.41, 5.74) is 2.95. The molecule has 3 heteroatoms. The van der Waals surface area contributed by atoms with Crippen LogP contribution in [-0.2, 0) is 6.42 Å². The van der Waals surface area contributed by atoms with Gasteiger partial charge in [-0.3, -0.25) is 5.84 Å². The largest absolute Gasteiger partial charge is 0.464 e. The number of hydrogen-bond acceptors (Lipinski definition) is 3. The summed E-state index contributed by atoms with van der Waals surface area (Å²) in [7, 11) is 0. The van der Waals surface area contributed by atoms with Gasteiger partial charge < -0.3 is 4.42 Å². The van der Waals surface area contributed by atoms with Crippen molar-refractivity contribution in [1.29, 1.82) is 0 Å². The number of nitrogens with one attached hydrogen (secondary N) is 1. The molecule has 1 unspecified atom stereocenters. The zero-order chi connectivity index (χ0) is 12.3.